The number of hydrogen-bond acceptors (Lipinski definition) is 3. The summed E-state index contributed by atoms with van der Waals surface area (Å²) >= 11 is 0. The van der Waals surface area contributed by atoms with Crippen molar-refractivity contribution in [2.24, 2.45) is 5.10 Å². The molecule has 1 amide bonds. The Balaban J connectivity index is 2.11. The molecule has 0 spiro atoms. The van der Waals surface area contributed by atoms with Crippen LogP contribution in [0.5, 0.6) is 5.75 Å². The fraction of sp³-hybridized carbons (Fsp3) is 0.417. The molecule has 2 N–H and O–H groups in total. The molecule has 0 radical (unpaired) electrons. The van der Waals surface area contributed by atoms with Gasteiger partial charge in [-0.25, -0.2) is 5.43 Å². The van der Waals surface area contributed by atoms with Crippen molar-refractivity contribution in [3.63, 3.8) is 0 Å². The van der Waals surface area contributed by atoms with Crippen LogP contribution >= 0.6 is 0 Å². The number of hydrazone groups is 1. The number of carbonyl (C=O) groups is 1. The van der Waals surface area contributed by atoms with Crippen LogP contribution in [0, 0.1) is 0 Å². The Morgan fingerprint density at radius 1 is 1.00 bits per heavy atom. The van der Waals surface area contributed by atoms with Crippen LogP contribution in [0.2, 0.25) is 0 Å². The van der Waals surface area contributed by atoms with Crippen molar-refractivity contribution in [2.75, 3.05) is 0 Å². The van der Waals surface area contributed by atoms with Gasteiger partial charge in [0.25, 0.3) is 0 Å². The Labute approximate surface area is 168 Å². The van der Waals surface area contributed by atoms with Crippen LogP contribution in [-0.4, -0.2) is 17.2 Å². The molecular weight excluding hydrogens is 348 g/mol. The normalized spacial score (nSPS) is 12.4. The predicted octanol–water partition coefficient (Wildman–Crippen LogP) is 5.07. The van der Waals surface area contributed by atoms with Crippen LogP contribution in [0.15, 0.2) is 47.6 Å². The number of benzene rings is 2. The van der Waals surface area contributed by atoms with Crippen LogP contribution in [0.3, 0.4) is 0 Å². The van der Waals surface area contributed by atoms with E-state index in [2.05, 4.69) is 52.1 Å². The van der Waals surface area contributed by atoms with Gasteiger partial charge in [0.2, 0.25) is 5.91 Å². The second-order valence-electron chi connectivity index (χ2n) is 9.24. The maximum Gasteiger partial charge on any atom is 0.240 e. The number of aryl methyl sites for hydroxylation is 1. The smallest absolute Gasteiger partial charge is 0.240 e. The van der Waals surface area contributed by atoms with E-state index >= 15 is 0 Å². The lowest BCUT2D eigenvalue weighted by molar-refractivity contribution is -0.121. The monoisotopic (exact) mass is 380 g/mol. The van der Waals surface area contributed by atoms with E-state index in [0.29, 0.717) is 18.6 Å². The van der Waals surface area contributed by atoms with E-state index in [-0.39, 0.29) is 16.7 Å². The van der Waals surface area contributed by atoms with Crippen LogP contribution in [0.25, 0.3) is 0 Å². The van der Waals surface area contributed by atoms with Gasteiger partial charge in [-0.05, 0) is 39.5 Å². The van der Waals surface area contributed by atoms with Gasteiger partial charge in [-0.15, -0.1) is 0 Å². The molecule has 0 saturated carbocycles. The molecule has 2 aromatic carbocycles. The van der Waals surface area contributed by atoms with E-state index in [4.69, 9.17) is 0 Å². The minimum Gasteiger partial charge on any atom is -0.507 e. The summed E-state index contributed by atoms with van der Waals surface area (Å²) < 4.78 is 0. The third kappa shape index (κ3) is 5.95. The highest BCUT2D eigenvalue weighted by atomic mass is 16.3. The maximum atomic E-state index is 12.2. The first-order valence-corrected chi connectivity index (χ1v) is 9.72. The summed E-state index contributed by atoms with van der Waals surface area (Å²) in [7, 11) is 0. The van der Waals surface area contributed by atoms with Crippen molar-refractivity contribution >= 4 is 12.1 Å². The van der Waals surface area contributed by atoms with Crippen molar-refractivity contribution in [2.45, 2.75) is 65.2 Å². The molecule has 0 aliphatic rings. The van der Waals surface area contributed by atoms with E-state index in [1.165, 1.54) is 0 Å². The zero-order chi connectivity index (χ0) is 20.9. The van der Waals surface area contributed by atoms with Crippen LogP contribution in [0.4, 0.5) is 0 Å². The van der Waals surface area contributed by atoms with Gasteiger partial charge in [0, 0.05) is 6.42 Å². The molecule has 0 atom stereocenters. The summed E-state index contributed by atoms with van der Waals surface area (Å²) in [4.78, 5) is 12.2. The molecular formula is C24H32N2O2. The summed E-state index contributed by atoms with van der Waals surface area (Å²) in [5.41, 5.74) is 6.04. The van der Waals surface area contributed by atoms with Crippen molar-refractivity contribution in [1.82, 2.24) is 5.43 Å². The minimum absolute atomic E-state index is 0.130. The fourth-order valence-corrected chi connectivity index (χ4v) is 3.01. The van der Waals surface area contributed by atoms with Gasteiger partial charge in [-0.3, -0.25) is 4.79 Å². The number of rotatable bonds is 5. The lowest BCUT2D eigenvalue weighted by atomic mass is 9.78. The van der Waals surface area contributed by atoms with Gasteiger partial charge in [0.1, 0.15) is 5.75 Å². The summed E-state index contributed by atoms with van der Waals surface area (Å²) in [6.07, 6.45) is 2.57. The first kappa shape index (κ1) is 21.7. The molecule has 2 rings (SSSR count). The lowest BCUT2D eigenvalue weighted by Gasteiger charge is -2.28. The van der Waals surface area contributed by atoms with Gasteiger partial charge in [0.05, 0.1) is 6.21 Å². The van der Waals surface area contributed by atoms with Gasteiger partial charge < -0.3 is 5.11 Å². The van der Waals surface area contributed by atoms with Crippen molar-refractivity contribution in [1.29, 1.82) is 0 Å². The quantitative estimate of drug-likeness (QED) is 0.562. The Bertz CT molecular complexity index is 806. The second kappa shape index (κ2) is 8.59. The van der Waals surface area contributed by atoms with Gasteiger partial charge in [0.15, 0.2) is 0 Å². The number of phenols is 1. The minimum atomic E-state index is -0.178. The summed E-state index contributed by atoms with van der Waals surface area (Å²) in [6.45, 7) is 12.5. The number of carbonyl (C=O) groups excluding carboxylic acids is 1. The Kier molecular flexibility index (Phi) is 6.65. The highest BCUT2D eigenvalue weighted by molar-refractivity contribution is 5.82. The second-order valence-corrected chi connectivity index (χ2v) is 9.24. The standard InChI is InChI=1S/C24H32N2O2/c1-23(2,3)19-14-18(15-20(22(19)28)24(4,5)6)12-13-21(27)26-25-16-17-10-8-7-9-11-17/h7-11,14-16,28H,12-13H2,1-6H3,(H,26,27)/b25-16-. The molecule has 0 fully saturated rings. The summed E-state index contributed by atoms with van der Waals surface area (Å²) in [6, 6.07) is 13.7. The summed E-state index contributed by atoms with van der Waals surface area (Å²) in [5, 5.41) is 14.8. The maximum absolute atomic E-state index is 12.2. The topological polar surface area (TPSA) is 61.7 Å². The molecule has 2 aromatic rings. The highest BCUT2D eigenvalue weighted by Gasteiger charge is 2.26. The highest BCUT2D eigenvalue weighted by Crippen LogP contribution is 2.39. The molecule has 0 heterocycles. The molecule has 0 aliphatic carbocycles. The van der Waals surface area contributed by atoms with Crippen LogP contribution in [-0.2, 0) is 22.0 Å². The third-order valence-corrected chi connectivity index (χ3v) is 4.63. The number of aromatic hydroxyl groups is 1. The van der Waals surface area contributed by atoms with E-state index in [1.54, 1.807) is 6.21 Å². The van der Waals surface area contributed by atoms with Crippen molar-refractivity contribution in [3.05, 3.63) is 64.7 Å². The van der Waals surface area contributed by atoms with Crippen LogP contribution < -0.4 is 5.43 Å². The average Bonchev–Trinajstić information content (AvgIpc) is 2.59. The lowest BCUT2D eigenvalue weighted by Crippen LogP contribution is -2.20. The largest absolute Gasteiger partial charge is 0.507 e. The zero-order valence-corrected chi connectivity index (χ0v) is 17.8. The first-order chi connectivity index (χ1) is 13.0. The number of hydrogen-bond donors (Lipinski definition) is 2. The molecule has 0 aromatic heterocycles. The molecule has 0 bridgehead atoms. The zero-order valence-electron chi connectivity index (χ0n) is 17.8. The van der Waals surface area contributed by atoms with E-state index in [9.17, 15) is 9.90 Å². The van der Waals surface area contributed by atoms with E-state index < -0.39 is 0 Å². The van der Waals surface area contributed by atoms with Gasteiger partial charge in [-0.2, -0.15) is 5.10 Å². The number of amides is 1. The van der Waals surface area contributed by atoms with Gasteiger partial charge >= 0.3 is 0 Å². The van der Waals surface area contributed by atoms with Crippen molar-refractivity contribution in [3.8, 4) is 5.75 Å². The Morgan fingerprint density at radius 3 is 2.04 bits per heavy atom. The Morgan fingerprint density at radius 2 is 1.54 bits per heavy atom. The van der Waals surface area contributed by atoms with Crippen LogP contribution in [0.1, 0.15) is 70.2 Å². The van der Waals surface area contributed by atoms with E-state index in [0.717, 1.165) is 22.3 Å². The summed E-state index contributed by atoms with van der Waals surface area (Å²) in [5.74, 6) is 0.232. The fourth-order valence-electron chi connectivity index (χ4n) is 3.01. The molecule has 150 valence electrons. The van der Waals surface area contributed by atoms with E-state index in [1.807, 2.05) is 42.5 Å². The Hall–Kier alpha value is -2.62. The number of phenolic OH excluding ortho intramolecular Hbond substituents is 1. The molecule has 4 nitrogen and oxygen atoms in total. The molecule has 0 aliphatic heterocycles. The molecule has 0 saturated heterocycles. The molecule has 4 heteroatoms. The first-order valence-electron chi connectivity index (χ1n) is 9.72. The SMILES string of the molecule is CC(C)(C)c1cc(CCC(=O)N/N=C\c2ccccc2)cc(C(C)(C)C)c1O. The van der Waals surface area contributed by atoms with Crippen molar-refractivity contribution < 1.29 is 9.90 Å². The predicted molar refractivity (Wildman–Crippen MR) is 116 cm³/mol. The molecule has 28 heavy (non-hydrogen) atoms. The number of nitrogens with one attached hydrogen (secondary N) is 1. The third-order valence-electron chi connectivity index (χ3n) is 4.63. The van der Waals surface area contributed by atoms with Gasteiger partial charge in [-0.1, -0.05) is 84.0 Å². The average molecular weight is 381 g/mol. The molecule has 0 unspecified atom stereocenters. The number of nitrogens with zero attached hydrogens (tertiary/aromatic N) is 1.